The molecule has 6 nitrogen and oxygen atoms in total. The number of anilines is 1. The van der Waals surface area contributed by atoms with Crippen LogP contribution >= 0.6 is 0 Å². The number of alkyl halides is 3. The highest BCUT2D eigenvalue weighted by atomic mass is 19.4. The lowest BCUT2D eigenvalue weighted by Crippen LogP contribution is -2.12. The number of aliphatic carboxylic acids is 1. The molecule has 2 heterocycles. The smallest absolute Gasteiger partial charge is 0.417 e. The number of ether oxygens (including phenoxy) is 3. The van der Waals surface area contributed by atoms with Crippen LogP contribution in [-0.2, 0) is 22.1 Å². The fourth-order valence-corrected chi connectivity index (χ4v) is 6.01. The van der Waals surface area contributed by atoms with Crippen molar-refractivity contribution in [3.8, 4) is 22.6 Å². The van der Waals surface area contributed by atoms with Crippen LogP contribution in [0.5, 0.6) is 11.5 Å². The molecule has 0 radical (unpaired) electrons. The highest BCUT2D eigenvalue weighted by molar-refractivity contribution is 5.75. The van der Waals surface area contributed by atoms with E-state index < -0.39 is 17.7 Å². The van der Waals surface area contributed by atoms with Crippen LogP contribution in [0, 0.1) is 5.92 Å². The number of hydrogen-bond acceptors (Lipinski definition) is 5. The SMILES string of the molecule is O=C(O)CC1COc2cc(NC3CCc4c3ccc(C(F)(F)F)c4-c3ccc(OCC4CCOC4)cc3)ccc21. The minimum absolute atomic E-state index is 0.00265. The van der Waals surface area contributed by atoms with Crippen molar-refractivity contribution in [2.45, 2.75) is 43.8 Å². The molecular formula is C31H30F3NO5. The summed E-state index contributed by atoms with van der Waals surface area (Å²) in [5, 5.41) is 12.6. The van der Waals surface area contributed by atoms with E-state index in [1.807, 2.05) is 18.2 Å². The van der Waals surface area contributed by atoms with Crippen molar-refractivity contribution in [2.75, 3.05) is 31.7 Å². The second-order valence-electron chi connectivity index (χ2n) is 10.7. The third-order valence-electron chi connectivity index (χ3n) is 8.02. The molecule has 0 bridgehead atoms. The molecule has 9 heteroatoms. The Labute approximate surface area is 230 Å². The van der Waals surface area contributed by atoms with Crippen LogP contribution in [-0.4, -0.2) is 37.5 Å². The molecule has 2 aliphatic heterocycles. The summed E-state index contributed by atoms with van der Waals surface area (Å²) in [6.45, 7) is 2.24. The van der Waals surface area contributed by atoms with E-state index in [0.29, 0.717) is 61.2 Å². The third-order valence-corrected chi connectivity index (χ3v) is 8.02. The number of hydrogen-bond donors (Lipinski definition) is 2. The molecule has 1 fully saturated rings. The predicted molar refractivity (Wildman–Crippen MR) is 143 cm³/mol. The molecule has 0 saturated carbocycles. The van der Waals surface area contributed by atoms with Gasteiger partial charge in [0.2, 0.25) is 0 Å². The average Bonchev–Trinajstić information content (AvgIpc) is 3.68. The number of rotatable bonds is 8. The monoisotopic (exact) mass is 553 g/mol. The third kappa shape index (κ3) is 5.35. The molecule has 3 aromatic rings. The first-order chi connectivity index (χ1) is 19.3. The maximum atomic E-state index is 14.2. The molecule has 3 aromatic carbocycles. The number of carboxylic acids is 1. The summed E-state index contributed by atoms with van der Waals surface area (Å²) in [4.78, 5) is 11.1. The van der Waals surface area contributed by atoms with Gasteiger partial charge in [0.1, 0.15) is 11.5 Å². The molecule has 1 aliphatic carbocycles. The molecule has 0 amide bonds. The molecule has 0 spiro atoms. The first-order valence-corrected chi connectivity index (χ1v) is 13.6. The van der Waals surface area contributed by atoms with Crippen molar-refractivity contribution in [3.05, 3.63) is 76.9 Å². The van der Waals surface area contributed by atoms with Gasteiger partial charge in [0, 0.05) is 35.8 Å². The van der Waals surface area contributed by atoms with Gasteiger partial charge in [0.25, 0.3) is 0 Å². The zero-order chi connectivity index (χ0) is 27.9. The maximum Gasteiger partial charge on any atom is 0.417 e. The number of carboxylic acid groups (broad SMARTS) is 1. The molecule has 6 rings (SSSR count). The Balaban J connectivity index is 1.25. The Kier molecular flexibility index (Phi) is 7.08. The molecule has 210 valence electrons. The Morgan fingerprint density at radius 2 is 1.82 bits per heavy atom. The molecular weight excluding hydrogens is 523 g/mol. The van der Waals surface area contributed by atoms with E-state index >= 15 is 0 Å². The lowest BCUT2D eigenvalue weighted by molar-refractivity contribution is -0.138. The number of carbonyl (C=O) groups is 1. The second kappa shape index (κ2) is 10.7. The van der Waals surface area contributed by atoms with E-state index in [4.69, 9.17) is 19.3 Å². The Bertz CT molecular complexity index is 1400. The first-order valence-electron chi connectivity index (χ1n) is 13.6. The molecule has 3 atom stereocenters. The van der Waals surface area contributed by atoms with Crippen LogP contribution in [0.3, 0.4) is 0 Å². The quantitative estimate of drug-likeness (QED) is 0.318. The fourth-order valence-electron chi connectivity index (χ4n) is 6.01. The molecule has 3 aliphatic rings. The van der Waals surface area contributed by atoms with E-state index in [2.05, 4.69) is 5.32 Å². The Morgan fingerprint density at radius 3 is 2.55 bits per heavy atom. The normalized spacial score (nSPS) is 21.5. The minimum atomic E-state index is -4.49. The first kappa shape index (κ1) is 26.5. The Morgan fingerprint density at radius 1 is 1.02 bits per heavy atom. The summed E-state index contributed by atoms with van der Waals surface area (Å²) in [5.41, 5.74) is 3.27. The van der Waals surface area contributed by atoms with Gasteiger partial charge in [-0.1, -0.05) is 24.3 Å². The van der Waals surface area contributed by atoms with Crippen molar-refractivity contribution < 1.29 is 37.3 Å². The standard InChI is InChI=1S/C31H30F3NO5/c32-31(33,34)26-9-7-24-25(30(26)19-1-4-22(5-2-19)39-16-18-11-12-38-15-18)8-10-27(24)35-21-3-6-23-20(13-29(36)37)17-40-28(23)14-21/h1-7,9,14,18,20,27,35H,8,10-13,15-17H2,(H,36,37). The minimum Gasteiger partial charge on any atom is -0.493 e. The number of fused-ring (bicyclic) bond motifs is 2. The summed E-state index contributed by atoms with van der Waals surface area (Å²) >= 11 is 0. The molecule has 2 N–H and O–H groups in total. The van der Waals surface area contributed by atoms with Gasteiger partial charge in [0.05, 0.1) is 37.8 Å². The number of benzene rings is 3. The van der Waals surface area contributed by atoms with Crippen molar-refractivity contribution in [1.82, 2.24) is 0 Å². The topological polar surface area (TPSA) is 77.0 Å². The van der Waals surface area contributed by atoms with Crippen LogP contribution in [0.4, 0.5) is 18.9 Å². The van der Waals surface area contributed by atoms with Crippen LogP contribution in [0.1, 0.15) is 53.5 Å². The van der Waals surface area contributed by atoms with Crippen molar-refractivity contribution in [2.24, 2.45) is 5.92 Å². The summed E-state index contributed by atoms with van der Waals surface area (Å²) in [5.74, 6) is 0.542. The summed E-state index contributed by atoms with van der Waals surface area (Å²) in [7, 11) is 0. The van der Waals surface area contributed by atoms with Gasteiger partial charge in [-0.3, -0.25) is 4.79 Å². The lowest BCUT2D eigenvalue weighted by atomic mass is 9.91. The number of nitrogens with one attached hydrogen (secondary N) is 1. The van der Waals surface area contributed by atoms with Gasteiger partial charge in [-0.25, -0.2) is 0 Å². The van der Waals surface area contributed by atoms with E-state index in [-0.39, 0.29) is 23.9 Å². The van der Waals surface area contributed by atoms with E-state index in [9.17, 15) is 18.0 Å². The summed E-state index contributed by atoms with van der Waals surface area (Å²) < 4.78 is 59.4. The fraction of sp³-hybridized carbons (Fsp3) is 0.387. The molecule has 40 heavy (non-hydrogen) atoms. The van der Waals surface area contributed by atoms with Gasteiger partial charge in [0.15, 0.2) is 0 Å². The van der Waals surface area contributed by atoms with Gasteiger partial charge in [-0.05, 0) is 65.8 Å². The Hall–Kier alpha value is -3.72. The van der Waals surface area contributed by atoms with Crippen LogP contribution in [0.25, 0.3) is 11.1 Å². The van der Waals surface area contributed by atoms with Crippen molar-refractivity contribution in [1.29, 1.82) is 0 Å². The zero-order valence-electron chi connectivity index (χ0n) is 21.8. The predicted octanol–water partition coefficient (Wildman–Crippen LogP) is 6.84. The van der Waals surface area contributed by atoms with Gasteiger partial charge in [-0.15, -0.1) is 0 Å². The van der Waals surface area contributed by atoms with Gasteiger partial charge in [-0.2, -0.15) is 13.2 Å². The lowest BCUT2D eigenvalue weighted by Gasteiger charge is -2.20. The van der Waals surface area contributed by atoms with Crippen LogP contribution in [0.15, 0.2) is 54.6 Å². The molecule has 0 aromatic heterocycles. The molecule has 1 saturated heterocycles. The zero-order valence-corrected chi connectivity index (χ0v) is 21.8. The van der Waals surface area contributed by atoms with E-state index in [0.717, 1.165) is 29.8 Å². The van der Waals surface area contributed by atoms with Crippen LogP contribution < -0.4 is 14.8 Å². The van der Waals surface area contributed by atoms with Crippen molar-refractivity contribution in [3.63, 3.8) is 0 Å². The van der Waals surface area contributed by atoms with E-state index in [1.54, 1.807) is 30.3 Å². The van der Waals surface area contributed by atoms with Crippen LogP contribution in [0.2, 0.25) is 0 Å². The van der Waals surface area contributed by atoms with Gasteiger partial charge >= 0.3 is 12.1 Å². The molecule has 3 unspecified atom stereocenters. The maximum absolute atomic E-state index is 14.2. The largest absolute Gasteiger partial charge is 0.493 e. The second-order valence-corrected chi connectivity index (χ2v) is 10.7. The highest BCUT2D eigenvalue weighted by Crippen LogP contribution is 2.46. The average molecular weight is 554 g/mol. The van der Waals surface area contributed by atoms with Gasteiger partial charge < -0.3 is 24.6 Å². The summed E-state index contributed by atoms with van der Waals surface area (Å²) in [6, 6.07) is 15.1. The summed E-state index contributed by atoms with van der Waals surface area (Å²) in [6.07, 6.45) is -2.38. The number of halogens is 3. The highest BCUT2D eigenvalue weighted by Gasteiger charge is 2.38. The van der Waals surface area contributed by atoms with E-state index in [1.165, 1.54) is 6.07 Å². The van der Waals surface area contributed by atoms with Crippen molar-refractivity contribution >= 4 is 11.7 Å².